The second kappa shape index (κ2) is 7.66. The van der Waals surface area contributed by atoms with E-state index in [4.69, 9.17) is 10.5 Å². The first-order valence-corrected chi connectivity index (χ1v) is 8.46. The lowest BCUT2D eigenvalue weighted by molar-refractivity contribution is -0.122. The lowest BCUT2D eigenvalue weighted by Crippen LogP contribution is -2.39. The summed E-state index contributed by atoms with van der Waals surface area (Å²) in [5, 5.41) is 0. The third-order valence-electron chi connectivity index (χ3n) is 4.48. The molecule has 1 heterocycles. The molecule has 2 aromatic carbocycles. The Morgan fingerprint density at radius 2 is 2.00 bits per heavy atom. The molecule has 2 aromatic rings. The van der Waals surface area contributed by atoms with Crippen LogP contribution in [-0.4, -0.2) is 29.6 Å². The van der Waals surface area contributed by atoms with Crippen LogP contribution < -0.4 is 10.5 Å². The van der Waals surface area contributed by atoms with Crippen LogP contribution in [-0.2, 0) is 17.9 Å². The van der Waals surface area contributed by atoms with Crippen LogP contribution in [0.15, 0.2) is 48.5 Å². The molecule has 1 fully saturated rings. The Kier molecular flexibility index (Phi) is 5.34. The molecule has 0 saturated carbocycles. The Balaban J connectivity index is 1.58. The molecule has 1 saturated heterocycles. The van der Waals surface area contributed by atoms with E-state index in [0.717, 1.165) is 16.9 Å². The van der Waals surface area contributed by atoms with Crippen molar-refractivity contribution in [3.05, 3.63) is 65.2 Å². The van der Waals surface area contributed by atoms with E-state index in [2.05, 4.69) is 19.1 Å². The molecule has 0 radical (unpaired) electrons. The maximum Gasteiger partial charge on any atom is 0.234 e. The van der Waals surface area contributed by atoms with Crippen LogP contribution in [0.2, 0.25) is 0 Å². The summed E-state index contributed by atoms with van der Waals surface area (Å²) in [4.78, 5) is 13.2. The van der Waals surface area contributed by atoms with Crippen LogP contribution in [0.3, 0.4) is 0 Å². The molecule has 0 aliphatic carbocycles. The fourth-order valence-corrected chi connectivity index (χ4v) is 3.21. The lowest BCUT2D eigenvalue weighted by Gasteiger charge is -2.21. The standard InChI is InChI=1S/C20H23FN2O2/c1-14-3-2-4-16(9-14)13-25-18-7-5-15(6-8-18)11-23-12-17(21)10-19(23)20(22)24/h2-9,17,19H,10-13H2,1H3,(H2,22,24)/t17-,19-/m0/s1. The average molecular weight is 342 g/mol. The lowest BCUT2D eigenvalue weighted by atomic mass is 10.1. The number of benzene rings is 2. The Labute approximate surface area is 147 Å². The summed E-state index contributed by atoms with van der Waals surface area (Å²) in [6.07, 6.45) is -0.804. The highest BCUT2D eigenvalue weighted by Gasteiger charge is 2.35. The van der Waals surface area contributed by atoms with Crippen molar-refractivity contribution in [3.63, 3.8) is 0 Å². The molecule has 132 valence electrons. The zero-order valence-corrected chi connectivity index (χ0v) is 14.3. The number of likely N-dealkylation sites (tertiary alicyclic amines) is 1. The quantitative estimate of drug-likeness (QED) is 0.878. The Bertz CT molecular complexity index is 733. The van der Waals surface area contributed by atoms with Crippen LogP contribution in [0.4, 0.5) is 4.39 Å². The number of ether oxygens (including phenoxy) is 1. The minimum Gasteiger partial charge on any atom is -0.489 e. The van der Waals surface area contributed by atoms with Gasteiger partial charge in [0.2, 0.25) is 5.91 Å². The Morgan fingerprint density at radius 3 is 2.68 bits per heavy atom. The number of nitrogens with zero attached hydrogens (tertiary/aromatic N) is 1. The third kappa shape index (κ3) is 4.57. The topological polar surface area (TPSA) is 55.6 Å². The van der Waals surface area contributed by atoms with Gasteiger partial charge in [-0.05, 0) is 30.2 Å². The zero-order valence-electron chi connectivity index (χ0n) is 14.3. The van der Waals surface area contributed by atoms with E-state index in [1.165, 1.54) is 5.56 Å². The molecular weight excluding hydrogens is 319 g/mol. The van der Waals surface area contributed by atoms with Crippen LogP contribution >= 0.6 is 0 Å². The Hall–Kier alpha value is -2.40. The van der Waals surface area contributed by atoms with Crippen LogP contribution in [0.1, 0.15) is 23.1 Å². The van der Waals surface area contributed by atoms with Gasteiger partial charge in [-0.15, -0.1) is 0 Å². The number of primary amides is 1. The summed E-state index contributed by atoms with van der Waals surface area (Å²) in [7, 11) is 0. The van der Waals surface area contributed by atoms with Gasteiger partial charge in [0, 0.05) is 19.5 Å². The molecule has 3 rings (SSSR count). The van der Waals surface area contributed by atoms with Crippen molar-refractivity contribution in [1.29, 1.82) is 0 Å². The summed E-state index contributed by atoms with van der Waals surface area (Å²) in [6.45, 7) is 3.32. The van der Waals surface area contributed by atoms with Crippen molar-refractivity contribution < 1.29 is 13.9 Å². The maximum atomic E-state index is 13.6. The second-order valence-electron chi connectivity index (χ2n) is 6.60. The second-order valence-corrected chi connectivity index (χ2v) is 6.60. The fraction of sp³-hybridized carbons (Fsp3) is 0.350. The van der Waals surface area contributed by atoms with E-state index in [1.807, 2.05) is 36.4 Å². The molecule has 0 bridgehead atoms. The largest absolute Gasteiger partial charge is 0.489 e. The number of rotatable bonds is 6. The molecule has 0 aromatic heterocycles. The molecule has 4 nitrogen and oxygen atoms in total. The fourth-order valence-electron chi connectivity index (χ4n) is 3.21. The van der Waals surface area contributed by atoms with E-state index in [0.29, 0.717) is 13.2 Å². The van der Waals surface area contributed by atoms with Crippen molar-refractivity contribution in [2.45, 2.75) is 38.7 Å². The van der Waals surface area contributed by atoms with E-state index in [-0.39, 0.29) is 13.0 Å². The monoisotopic (exact) mass is 342 g/mol. The van der Waals surface area contributed by atoms with Crippen molar-refractivity contribution >= 4 is 5.91 Å². The molecule has 1 aliphatic rings. The number of carbonyl (C=O) groups is 1. The van der Waals surface area contributed by atoms with Crippen LogP contribution in [0, 0.1) is 6.92 Å². The van der Waals surface area contributed by atoms with Crippen molar-refractivity contribution in [2.24, 2.45) is 5.73 Å². The number of nitrogens with two attached hydrogens (primary N) is 1. The summed E-state index contributed by atoms with van der Waals surface area (Å²) >= 11 is 0. The molecule has 2 N–H and O–H groups in total. The molecule has 2 atom stereocenters. The first-order valence-electron chi connectivity index (χ1n) is 8.46. The van der Waals surface area contributed by atoms with Gasteiger partial charge in [-0.25, -0.2) is 4.39 Å². The Morgan fingerprint density at radius 1 is 1.24 bits per heavy atom. The van der Waals surface area contributed by atoms with E-state index < -0.39 is 18.1 Å². The van der Waals surface area contributed by atoms with Gasteiger partial charge < -0.3 is 10.5 Å². The molecule has 5 heteroatoms. The SMILES string of the molecule is Cc1cccc(COc2ccc(CN3C[C@@H](F)C[C@H]3C(N)=O)cc2)c1. The average Bonchev–Trinajstić information content (AvgIpc) is 2.95. The number of amides is 1. The van der Waals surface area contributed by atoms with Gasteiger partial charge in [0.1, 0.15) is 18.5 Å². The predicted molar refractivity (Wildman–Crippen MR) is 94.9 cm³/mol. The highest BCUT2D eigenvalue weighted by Crippen LogP contribution is 2.23. The molecule has 25 heavy (non-hydrogen) atoms. The number of aryl methyl sites for hydroxylation is 1. The number of hydrogen-bond acceptors (Lipinski definition) is 3. The van der Waals surface area contributed by atoms with Gasteiger partial charge in [-0.3, -0.25) is 9.69 Å². The minimum atomic E-state index is -0.991. The van der Waals surface area contributed by atoms with Gasteiger partial charge in [0.25, 0.3) is 0 Å². The first kappa shape index (κ1) is 17.4. The van der Waals surface area contributed by atoms with Gasteiger partial charge in [-0.2, -0.15) is 0 Å². The smallest absolute Gasteiger partial charge is 0.234 e. The highest BCUT2D eigenvalue weighted by molar-refractivity contribution is 5.80. The van der Waals surface area contributed by atoms with Crippen molar-refractivity contribution in [1.82, 2.24) is 4.90 Å². The number of halogens is 1. The molecule has 1 aliphatic heterocycles. The highest BCUT2D eigenvalue weighted by atomic mass is 19.1. The van der Waals surface area contributed by atoms with Gasteiger partial charge in [-0.1, -0.05) is 42.0 Å². The summed E-state index contributed by atoms with van der Waals surface area (Å²) < 4.78 is 19.4. The van der Waals surface area contributed by atoms with Crippen LogP contribution in [0.5, 0.6) is 5.75 Å². The van der Waals surface area contributed by atoms with Crippen molar-refractivity contribution in [3.8, 4) is 5.75 Å². The van der Waals surface area contributed by atoms with E-state index >= 15 is 0 Å². The summed E-state index contributed by atoms with van der Waals surface area (Å²) in [5.74, 6) is 0.319. The van der Waals surface area contributed by atoms with E-state index in [9.17, 15) is 9.18 Å². The van der Waals surface area contributed by atoms with E-state index in [1.54, 1.807) is 4.90 Å². The van der Waals surface area contributed by atoms with Crippen molar-refractivity contribution in [2.75, 3.05) is 6.54 Å². The number of alkyl halides is 1. The predicted octanol–water partition coefficient (Wildman–Crippen LogP) is 2.97. The summed E-state index contributed by atoms with van der Waals surface area (Å²) in [6, 6.07) is 15.3. The molecule has 0 unspecified atom stereocenters. The first-order chi connectivity index (χ1) is 12.0. The molecular formula is C20H23FN2O2. The third-order valence-corrected chi connectivity index (χ3v) is 4.48. The summed E-state index contributed by atoms with van der Waals surface area (Å²) in [5.41, 5.74) is 8.70. The van der Waals surface area contributed by atoms with Gasteiger partial charge >= 0.3 is 0 Å². The minimum absolute atomic E-state index is 0.188. The van der Waals surface area contributed by atoms with Crippen LogP contribution in [0.25, 0.3) is 0 Å². The van der Waals surface area contributed by atoms with Gasteiger partial charge in [0.05, 0.1) is 6.04 Å². The molecule has 1 amide bonds. The number of carbonyl (C=O) groups excluding carboxylic acids is 1. The number of hydrogen-bond donors (Lipinski definition) is 1. The maximum absolute atomic E-state index is 13.6. The van der Waals surface area contributed by atoms with Gasteiger partial charge in [0.15, 0.2) is 0 Å². The normalized spacial score (nSPS) is 20.6. The molecule has 0 spiro atoms. The zero-order chi connectivity index (χ0) is 17.8.